The molecule has 16 heavy (non-hydrogen) atoms. The van der Waals surface area contributed by atoms with Crippen LogP contribution in [-0.4, -0.2) is 15.3 Å². The molecule has 0 fully saturated rings. The molecule has 0 unspecified atom stereocenters. The van der Waals surface area contributed by atoms with Crippen molar-refractivity contribution in [3.63, 3.8) is 0 Å². The summed E-state index contributed by atoms with van der Waals surface area (Å²) in [4.78, 5) is 15.8. The Morgan fingerprint density at radius 2 is 2.44 bits per heavy atom. The molecule has 4 nitrogen and oxygen atoms in total. The summed E-state index contributed by atoms with van der Waals surface area (Å²) in [5.41, 5.74) is 0. The van der Waals surface area contributed by atoms with Gasteiger partial charge in [0.1, 0.15) is 17.4 Å². The molecule has 0 aliphatic rings. The van der Waals surface area contributed by atoms with E-state index in [-0.39, 0.29) is 5.78 Å². The maximum Gasteiger partial charge on any atom is 0.140 e. The molecule has 0 aliphatic heterocycles. The van der Waals surface area contributed by atoms with Crippen molar-refractivity contribution in [2.24, 2.45) is 7.05 Å². The molecule has 0 saturated carbocycles. The number of carbonyl (C=O) groups excluding carboxylic acids is 1. The van der Waals surface area contributed by atoms with Crippen LogP contribution in [0, 0.1) is 0 Å². The number of aromatic nitrogens is 2. The third-order valence-corrected chi connectivity index (χ3v) is 2.51. The van der Waals surface area contributed by atoms with E-state index in [1.165, 1.54) is 0 Å². The molecule has 0 atom stereocenters. The Labute approximate surface area is 93.9 Å². The molecule has 2 aromatic rings. The van der Waals surface area contributed by atoms with Gasteiger partial charge in [-0.2, -0.15) is 0 Å². The summed E-state index contributed by atoms with van der Waals surface area (Å²) in [6, 6.07) is 3.71. The molecule has 0 spiro atoms. The summed E-state index contributed by atoms with van der Waals surface area (Å²) in [7, 11) is 1.89. The topological polar surface area (TPSA) is 48.0 Å². The fraction of sp³-hybridized carbons (Fsp3) is 0.333. The first-order valence-corrected chi connectivity index (χ1v) is 5.26. The Balaban J connectivity index is 1.83. The first kappa shape index (κ1) is 10.7. The summed E-state index contributed by atoms with van der Waals surface area (Å²) in [5.74, 6) is 1.85. The number of furan rings is 1. The highest BCUT2D eigenvalue weighted by molar-refractivity contribution is 5.80. The Morgan fingerprint density at radius 1 is 1.56 bits per heavy atom. The van der Waals surface area contributed by atoms with Crippen molar-refractivity contribution < 1.29 is 9.21 Å². The van der Waals surface area contributed by atoms with Crippen molar-refractivity contribution in [2.75, 3.05) is 0 Å². The second kappa shape index (κ2) is 4.79. The average molecular weight is 218 g/mol. The number of imidazole rings is 1. The summed E-state index contributed by atoms with van der Waals surface area (Å²) in [6.07, 6.45) is 6.73. The van der Waals surface area contributed by atoms with E-state index in [0.29, 0.717) is 19.3 Å². The fourth-order valence-electron chi connectivity index (χ4n) is 1.55. The zero-order chi connectivity index (χ0) is 11.4. The van der Waals surface area contributed by atoms with Crippen LogP contribution >= 0.6 is 0 Å². The Morgan fingerprint density at radius 3 is 3.06 bits per heavy atom. The van der Waals surface area contributed by atoms with Gasteiger partial charge < -0.3 is 8.98 Å². The highest BCUT2D eigenvalue weighted by atomic mass is 16.3. The quantitative estimate of drug-likeness (QED) is 0.768. The minimum absolute atomic E-state index is 0.186. The van der Waals surface area contributed by atoms with E-state index in [1.54, 1.807) is 12.5 Å². The van der Waals surface area contributed by atoms with Gasteiger partial charge in [0.05, 0.1) is 12.7 Å². The van der Waals surface area contributed by atoms with E-state index in [0.717, 1.165) is 11.6 Å². The van der Waals surface area contributed by atoms with Crippen LogP contribution in [0.2, 0.25) is 0 Å². The van der Waals surface area contributed by atoms with Gasteiger partial charge in [-0.1, -0.05) is 0 Å². The minimum atomic E-state index is 0.186. The zero-order valence-electron chi connectivity index (χ0n) is 9.22. The van der Waals surface area contributed by atoms with Gasteiger partial charge in [0.25, 0.3) is 0 Å². The molecule has 0 aliphatic carbocycles. The fourth-order valence-corrected chi connectivity index (χ4v) is 1.55. The SMILES string of the molecule is Cn1ccnc1CC(=O)CCc1ccco1. The van der Waals surface area contributed by atoms with E-state index in [4.69, 9.17) is 4.42 Å². The number of ketones is 1. The van der Waals surface area contributed by atoms with Crippen LogP contribution in [0.3, 0.4) is 0 Å². The molecule has 2 heterocycles. The normalized spacial score (nSPS) is 10.6. The molecule has 0 bridgehead atoms. The standard InChI is InChI=1S/C12H14N2O2/c1-14-7-6-13-12(14)9-10(15)4-5-11-3-2-8-16-11/h2-3,6-8H,4-5,9H2,1H3. The van der Waals surface area contributed by atoms with Gasteiger partial charge in [0.2, 0.25) is 0 Å². The number of hydrogen-bond donors (Lipinski definition) is 0. The van der Waals surface area contributed by atoms with Crippen LogP contribution in [0.1, 0.15) is 18.0 Å². The molecule has 0 aromatic carbocycles. The lowest BCUT2D eigenvalue weighted by Gasteiger charge is -2.00. The Hall–Kier alpha value is -1.84. The molecule has 2 rings (SSSR count). The van der Waals surface area contributed by atoms with Crippen LogP contribution in [-0.2, 0) is 24.7 Å². The number of carbonyl (C=O) groups is 1. The average Bonchev–Trinajstić information content (AvgIpc) is 2.88. The lowest BCUT2D eigenvalue weighted by Crippen LogP contribution is -2.08. The number of aryl methyl sites for hydroxylation is 2. The maximum atomic E-state index is 11.7. The number of hydrogen-bond acceptors (Lipinski definition) is 3. The van der Waals surface area contributed by atoms with Gasteiger partial charge in [0.15, 0.2) is 0 Å². The largest absolute Gasteiger partial charge is 0.469 e. The first-order valence-electron chi connectivity index (χ1n) is 5.26. The van der Waals surface area contributed by atoms with Crippen LogP contribution in [0.4, 0.5) is 0 Å². The summed E-state index contributed by atoms with van der Waals surface area (Å²) < 4.78 is 7.04. The van der Waals surface area contributed by atoms with Crippen molar-refractivity contribution in [1.82, 2.24) is 9.55 Å². The van der Waals surface area contributed by atoms with Gasteiger partial charge >= 0.3 is 0 Å². The van der Waals surface area contributed by atoms with Gasteiger partial charge in [0, 0.05) is 32.3 Å². The summed E-state index contributed by atoms with van der Waals surface area (Å²) >= 11 is 0. The van der Waals surface area contributed by atoms with Crippen LogP contribution in [0.15, 0.2) is 35.2 Å². The number of Topliss-reactive ketones (excluding diaryl/α,β-unsaturated/α-hetero) is 1. The van der Waals surface area contributed by atoms with Crippen molar-refractivity contribution in [3.8, 4) is 0 Å². The zero-order valence-corrected chi connectivity index (χ0v) is 9.22. The molecule has 84 valence electrons. The van der Waals surface area contributed by atoms with Gasteiger partial charge in [-0.15, -0.1) is 0 Å². The lowest BCUT2D eigenvalue weighted by atomic mass is 10.1. The molecular formula is C12H14N2O2. The lowest BCUT2D eigenvalue weighted by molar-refractivity contribution is -0.118. The Kier molecular flexibility index (Phi) is 3.19. The second-order valence-corrected chi connectivity index (χ2v) is 3.75. The monoisotopic (exact) mass is 218 g/mol. The number of nitrogens with zero attached hydrogens (tertiary/aromatic N) is 2. The van der Waals surface area contributed by atoms with E-state index in [9.17, 15) is 4.79 Å². The van der Waals surface area contributed by atoms with Crippen LogP contribution < -0.4 is 0 Å². The summed E-state index contributed by atoms with van der Waals surface area (Å²) in [6.45, 7) is 0. The van der Waals surface area contributed by atoms with E-state index < -0.39 is 0 Å². The predicted octanol–water partition coefficient (Wildman–Crippen LogP) is 1.76. The van der Waals surface area contributed by atoms with Gasteiger partial charge in [-0.25, -0.2) is 4.98 Å². The molecule has 2 aromatic heterocycles. The van der Waals surface area contributed by atoms with Crippen LogP contribution in [0.5, 0.6) is 0 Å². The highest BCUT2D eigenvalue weighted by Gasteiger charge is 2.08. The third kappa shape index (κ3) is 2.59. The van der Waals surface area contributed by atoms with Crippen molar-refractivity contribution in [2.45, 2.75) is 19.3 Å². The maximum absolute atomic E-state index is 11.7. The van der Waals surface area contributed by atoms with E-state index >= 15 is 0 Å². The smallest absolute Gasteiger partial charge is 0.140 e. The molecule has 0 radical (unpaired) electrons. The second-order valence-electron chi connectivity index (χ2n) is 3.75. The molecule has 0 N–H and O–H groups in total. The number of rotatable bonds is 5. The van der Waals surface area contributed by atoms with E-state index in [2.05, 4.69) is 4.98 Å². The molecule has 0 saturated heterocycles. The first-order chi connectivity index (χ1) is 7.75. The van der Waals surface area contributed by atoms with Crippen molar-refractivity contribution in [3.05, 3.63) is 42.4 Å². The predicted molar refractivity (Wildman–Crippen MR) is 58.9 cm³/mol. The third-order valence-electron chi connectivity index (χ3n) is 2.51. The van der Waals surface area contributed by atoms with Crippen molar-refractivity contribution >= 4 is 5.78 Å². The van der Waals surface area contributed by atoms with Crippen molar-refractivity contribution in [1.29, 1.82) is 0 Å². The molecule has 0 amide bonds. The van der Waals surface area contributed by atoms with Gasteiger partial charge in [-0.05, 0) is 12.1 Å². The molecular weight excluding hydrogens is 204 g/mol. The van der Waals surface area contributed by atoms with Gasteiger partial charge in [-0.3, -0.25) is 4.79 Å². The summed E-state index contributed by atoms with van der Waals surface area (Å²) in [5, 5.41) is 0. The minimum Gasteiger partial charge on any atom is -0.469 e. The molecule has 4 heteroatoms. The van der Waals surface area contributed by atoms with Crippen LogP contribution in [0.25, 0.3) is 0 Å². The highest BCUT2D eigenvalue weighted by Crippen LogP contribution is 2.06. The van der Waals surface area contributed by atoms with E-state index in [1.807, 2.05) is 29.9 Å². The Bertz CT molecular complexity index is 457.